The zero-order valence-electron chi connectivity index (χ0n) is 11.4. The maximum Gasteiger partial charge on any atom is 0.335 e. The Kier molecular flexibility index (Phi) is 2.84. The van der Waals surface area contributed by atoms with E-state index >= 15 is 0 Å². The minimum absolute atomic E-state index is 0.0965. The second kappa shape index (κ2) is 3.97. The summed E-state index contributed by atoms with van der Waals surface area (Å²) in [6, 6.07) is 3.27. The van der Waals surface area contributed by atoms with Gasteiger partial charge in [0.05, 0.1) is 5.56 Å². The molecule has 1 aromatic rings. The molecule has 0 aliphatic heterocycles. The standard InChI is InChI=1S/C14H20N2O2/c1-13(2,3)10-7-9(12(17)18)8-11(15-10)16-14(4)5-6-14/h7-8H,5-6H2,1-4H3,(H,15,16)(H,17,18). The van der Waals surface area contributed by atoms with E-state index in [0.29, 0.717) is 11.4 Å². The molecule has 18 heavy (non-hydrogen) atoms. The van der Waals surface area contributed by atoms with E-state index in [1.54, 1.807) is 12.1 Å². The predicted molar refractivity (Wildman–Crippen MR) is 71.2 cm³/mol. The van der Waals surface area contributed by atoms with E-state index in [-0.39, 0.29) is 11.0 Å². The lowest BCUT2D eigenvalue weighted by Crippen LogP contribution is -2.21. The van der Waals surface area contributed by atoms with Gasteiger partial charge in [-0.3, -0.25) is 0 Å². The highest BCUT2D eigenvalue weighted by molar-refractivity contribution is 5.88. The second-order valence-corrected chi connectivity index (χ2v) is 6.37. The Hall–Kier alpha value is -1.58. The average Bonchev–Trinajstić information content (AvgIpc) is 2.94. The molecule has 0 aromatic carbocycles. The minimum Gasteiger partial charge on any atom is -0.478 e. The number of aromatic carboxylic acids is 1. The van der Waals surface area contributed by atoms with E-state index in [4.69, 9.17) is 5.11 Å². The Morgan fingerprint density at radius 1 is 1.39 bits per heavy atom. The fraction of sp³-hybridized carbons (Fsp3) is 0.571. The van der Waals surface area contributed by atoms with E-state index < -0.39 is 5.97 Å². The van der Waals surface area contributed by atoms with E-state index in [0.717, 1.165) is 18.5 Å². The van der Waals surface area contributed by atoms with Crippen LogP contribution in [0.4, 0.5) is 5.82 Å². The molecular weight excluding hydrogens is 228 g/mol. The van der Waals surface area contributed by atoms with Gasteiger partial charge in [-0.1, -0.05) is 20.8 Å². The van der Waals surface area contributed by atoms with Gasteiger partial charge in [-0.15, -0.1) is 0 Å². The van der Waals surface area contributed by atoms with Crippen LogP contribution in [0.1, 0.15) is 56.6 Å². The van der Waals surface area contributed by atoms with Crippen molar-refractivity contribution < 1.29 is 9.90 Å². The van der Waals surface area contributed by atoms with Crippen LogP contribution >= 0.6 is 0 Å². The SMILES string of the molecule is CC1(Nc2cc(C(=O)O)cc(C(C)(C)C)n2)CC1. The zero-order valence-corrected chi connectivity index (χ0v) is 11.4. The quantitative estimate of drug-likeness (QED) is 0.863. The van der Waals surface area contributed by atoms with Crippen molar-refractivity contribution in [2.24, 2.45) is 0 Å². The van der Waals surface area contributed by atoms with E-state index in [1.165, 1.54) is 0 Å². The summed E-state index contributed by atoms with van der Waals surface area (Å²) in [5, 5.41) is 12.5. The maximum absolute atomic E-state index is 11.2. The number of nitrogens with zero attached hydrogens (tertiary/aromatic N) is 1. The summed E-state index contributed by atoms with van der Waals surface area (Å²) < 4.78 is 0. The van der Waals surface area contributed by atoms with Crippen molar-refractivity contribution >= 4 is 11.8 Å². The van der Waals surface area contributed by atoms with Crippen LogP contribution in [0.15, 0.2) is 12.1 Å². The number of pyridine rings is 1. The molecule has 0 atom stereocenters. The van der Waals surface area contributed by atoms with Crippen LogP contribution in [0.2, 0.25) is 0 Å². The summed E-state index contributed by atoms with van der Waals surface area (Å²) in [5.74, 6) is -0.244. The molecule has 1 saturated carbocycles. The summed E-state index contributed by atoms with van der Waals surface area (Å²) in [4.78, 5) is 15.7. The largest absolute Gasteiger partial charge is 0.478 e. The molecule has 2 N–H and O–H groups in total. The van der Waals surface area contributed by atoms with Gasteiger partial charge < -0.3 is 10.4 Å². The van der Waals surface area contributed by atoms with Crippen molar-refractivity contribution in [2.75, 3.05) is 5.32 Å². The first-order valence-corrected chi connectivity index (χ1v) is 6.24. The van der Waals surface area contributed by atoms with Gasteiger partial charge in [0.2, 0.25) is 0 Å². The Labute approximate surface area is 107 Å². The van der Waals surface area contributed by atoms with Gasteiger partial charge in [0.15, 0.2) is 0 Å². The highest BCUT2D eigenvalue weighted by Crippen LogP contribution is 2.38. The molecule has 0 amide bonds. The lowest BCUT2D eigenvalue weighted by atomic mass is 9.90. The predicted octanol–water partition coefficient (Wildman–Crippen LogP) is 3.04. The van der Waals surface area contributed by atoms with Crippen molar-refractivity contribution in [3.8, 4) is 0 Å². The molecule has 1 heterocycles. The third kappa shape index (κ3) is 2.81. The third-order valence-electron chi connectivity index (χ3n) is 3.27. The first kappa shape index (κ1) is 12.9. The number of carboxylic acids is 1. The van der Waals surface area contributed by atoms with Crippen LogP contribution < -0.4 is 5.32 Å². The van der Waals surface area contributed by atoms with Crippen LogP contribution in [0.3, 0.4) is 0 Å². The monoisotopic (exact) mass is 248 g/mol. The zero-order chi connectivity index (χ0) is 13.6. The Morgan fingerprint density at radius 2 is 2.00 bits per heavy atom. The highest BCUT2D eigenvalue weighted by atomic mass is 16.4. The molecule has 0 spiro atoms. The van der Waals surface area contributed by atoms with E-state index in [2.05, 4.69) is 17.2 Å². The molecular formula is C14H20N2O2. The average molecular weight is 248 g/mol. The molecule has 0 unspecified atom stereocenters. The fourth-order valence-corrected chi connectivity index (χ4v) is 1.72. The highest BCUT2D eigenvalue weighted by Gasteiger charge is 2.37. The minimum atomic E-state index is -0.910. The summed E-state index contributed by atoms with van der Waals surface area (Å²) >= 11 is 0. The molecule has 2 rings (SSSR count). The number of rotatable bonds is 3. The van der Waals surface area contributed by atoms with Gasteiger partial charge in [0.1, 0.15) is 5.82 Å². The molecule has 0 radical (unpaired) electrons. The number of carbonyl (C=O) groups is 1. The molecule has 4 heteroatoms. The summed E-state index contributed by atoms with van der Waals surface area (Å²) in [6.45, 7) is 8.22. The Bertz CT molecular complexity index is 485. The van der Waals surface area contributed by atoms with Crippen molar-refractivity contribution in [2.45, 2.75) is 51.5 Å². The Morgan fingerprint density at radius 3 is 2.44 bits per heavy atom. The van der Waals surface area contributed by atoms with Crippen molar-refractivity contribution in [3.05, 3.63) is 23.4 Å². The van der Waals surface area contributed by atoms with Crippen LogP contribution in [0.25, 0.3) is 0 Å². The van der Waals surface area contributed by atoms with Gasteiger partial charge in [-0.05, 0) is 31.9 Å². The lowest BCUT2D eigenvalue weighted by Gasteiger charge is -2.21. The van der Waals surface area contributed by atoms with Gasteiger partial charge in [0, 0.05) is 16.6 Å². The Balaban J connectivity index is 2.39. The molecule has 0 bridgehead atoms. The molecule has 1 aliphatic rings. The van der Waals surface area contributed by atoms with Crippen molar-refractivity contribution in [3.63, 3.8) is 0 Å². The smallest absolute Gasteiger partial charge is 0.335 e. The van der Waals surface area contributed by atoms with Crippen LogP contribution in [-0.4, -0.2) is 21.6 Å². The van der Waals surface area contributed by atoms with E-state index in [1.807, 2.05) is 20.8 Å². The summed E-state index contributed by atoms with van der Waals surface area (Å²) in [5.41, 5.74) is 1.03. The van der Waals surface area contributed by atoms with Gasteiger partial charge in [-0.25, -0.2) is 9.78 Å². The van der Waals surface area contributed by atoms with Gasteiger partial charge in [-0.2, -0.15) is 0 Å². The molecule has 1 aromatic heterocycles. The maximum atomic E-state index is 11.2. The summed E-state index contributed by atoms with van der Waals surface area (Å²) in [7, 11) is 0. The van der Waals surface area contributed by atoms with Crippen LogP contribution in [0.5, 0.6) is 0 Å². The van der Waals surface area contributed by atoms with Crippen LogP contribution in [0, 0.1) is 0 Å². The second-order valence-electron chi connectivity index (χ2n) is 6.37. The molecule has 1 fully saturated rings. The summed E-state index contributed by atoms with van der Waals surface area (Å²) in [6.07, 6.45) is 2.22. The molecule has 1 aliphatic carbocycles. The number of aromatic nitrogens is 1. The fourth-order valence-electron chi connectivity index (χ4n) is 1.72. The van der Waals surface area contributed by atoms with Gasteiger partial charge in [0.25, 0.3) is 0 Å². The topological polar surface area (TPSA) is 62.2 Å². The number of hydrogen-bond acceptors (Lipinski definition) is 3. The number of carboxylic acid groups (broad SMARTS) is 1. The lowest BCUT2D eigenvalue weighted by molar-refractivity contribution is 0.0696. The number of hydrogen-bond donors (Lipinski definition) is 2. The van der Waals surface area contributed by atoms with E-state index in [9.17, 15) is 4.79 Å². The molecule has 0 saturated heterocycles. The molecule has 4 nitrogen and oxygen atoms in total. The normalized spacial score (nSPS) is 17.3. The third-order valence-corrected chi connectivity index (χ3v) is 3.27. The molecule has 98 valence electrons. The van der Waals surface area contributed by atoms with Crippen molar-refractivity contribution in [1.82, 2.24) is 4.98 Å². The van der Waals surface area contributed by atoms with Gasteiger partial charge >= 0.3 is 5.97 Å². The number of anilines is 1. The van der Waals surface area contributed by atoms with Crippen LogP contribution in [-0.2, 0) is 5.41 Å². The first-order valence-electron chi connectivity index (χ1n) is 6.24. The first-order chi connectivity index (χ1) is 8.20. The number of nitrogens with one attached hydrogen (secondary N) is 1. The van der Waals surface area contributed by atoms with Crippen molar-refractivity contribution in [1.29, 1.82) is 0 Å².